The van der Waals surface area contributed by atoms with Crippen molar-refractivity contribution in [3.05, 3.63) is 54.1 Å². The molecule has 0 radical (unpaired) electrons. The highest BCUT2D eigenvalue weighted by Gasteiger charge is 2.22. The maximum Gasteiger partial charge on any atom is 0.251 e. The molecule has 1 heterocycles. The van der Waals surface area contributed by atoms with Gasteiger partial charge in [0.15, 0.2) is 0 Å². The van der Waals surface area contributed by atoms with Gasteiger partial charge >= 0.3 is 0 Å². The Hall–Kier alpha value is -2.14. The molecule has 2 aromatic rings. The van der Waals surface area contributed by atoms with Gasteiger partial charge in [-0.25, -0.2) is 4.98 Å². The summed E-state index contributed by atoms with van der Waals surface area (Å²) in [6.45, 7) is 6.79. The molecule has 5 heteroatoms. The second kappa shape index (κ2) is 6.75. The highest BCUT2D eigenvalue weighted by molar-refractivity contribution is 5.94. The van der Waals surface area contributed by atoms with E-state index in [1.165, 1.54) is 0 Å². The fraction of sp³-hybridized carbons (Fsp3) is 0.412. The van der Waals surface area contributed by atoms with E-state index in [0.717, 1.165) is 12.1 Å². The molecular weight excluding hydrogens is 278 g/mol. The Bertz CT molecular complexity index is 598. The molecule has 1 amide bonds. The zero-order chi connectivity index (χ0) is 16.2. The Morgan fingerprint density at radius 2 is 2.00 bits per heavy atom. The fourth-order valence-electron chi connectivity index (χ4n) is 1.95. The number of rotatable bonds is 5. The Labute approximate surface area is 131 Å². The third-order valence-corrected chi connectivity index (χ3v) is 3.60. The number of carbonyl (C=O) groups excluding carboxylic acids is 1. The Morgan fingerprint density at radius 3 is 2.55 bits per heavy atom. The van der Waals surface area contributed by atoms with Crippen LogP contribution in [0.3, 0.4) is 0 Å². The molecule has 2 N–H and O–H groups in total. The van der Waals surface area contributed by atoms with E-state index >= 15 is 0 Å². The van der Waals surface area contributed by atoms with Crippen LogP contribution in [-0.2, 0) is 6.54 Å². The quantitative estimate of drug-likeness (QED) is 0.888. The molecule has 0 saturated carbocycles. The lowest BCUT2D eigenvalue weighted by Crippen LogP contribution is -2.39. The van der Waals surface area contributed by atoms with Gasteiger partial charge in [-0.2, -0.15) is 0 Å². The molecule has 118 valence electrons. The van der Waals surface area contributed by atoms with Crippen LogP contribution >= 0.6 is 0 Å². The van der Waals surface area contributed by atoms with Crippen LogP contribution in [0.2, 0.25) is 0 Å². The summed E-state index contributed by atoms with van der Waals surface area (Å²) < 4.78 is 1.97. The van der Waals surface area contributed by atoms with Gasteiger partial charge in [-0.1, -0.05) is 32.9 Å². The molecule has 5 nitrogen and oxygen atoms in total. The number of carbonyl (C=O) groups is 1. The minimum atomic E-state index is -0.572. The summed E-state index contributed by atoms with van der Waals surface area (Å²) in [4.78, 5) is 16.1. The fourth-order valence-corrected chi connectivity index (χ4v) is 1.95. The first-order valence-electron chi connectivity index (χ1n) is 7.37. The first-order chi connectivity index (χ1) is 10.4. The van der Waals surface area contributed by atoms with E-state index in [1.54, 1.807) is 24.7 Å². The highest BCUT2D eigenvalue weighted by Crippen LogP contribution is 2.18. The van der Waals surface area contributed by atoms with Gasteiger partial charge in [-0.15, -0.1) is 0 Å². The Kier molecular flexibility index (Phi) is 4.98. The van der Waals surface area contributed by atoms with Gasteiger partial charge in [-0.05, 0) is 23.1 Å². The zero-order valence-corrected chi connectivity index (χ0v) is 13.3. The van der Waals surface area contributed by atoms with Gasteiger partial charge < -0.3 is 15.0 Å². The summed E-state index contributed by atoms with van der Waals surface area (Å²) in [5.41, 5.74) is 1.45. The molecule has 1 atom stereocenters. The van der Waals surface area contributed by atoms with E-state index in [0.29, 0.717) is 5.56 Å². The second-order valence-corrected chi connectivity index (χ2v) is 6.52. The van der Waals surface area contributed by atoms with Crippen LogP contribution in [0, 0.1) is 5.41 Å². The van der Waals surface area contributed by atoms with Gasteiger partial charge in [0.2, 0.25) is 0 Å². The van der Waals surface area contributed by atoms with Crippen molar-refractivity contribution in [2.24, 2.45) is 5.41 Å². The second-order valence-electron chi connectivity index (χ2n) is 6.52. The lowest BCUT2D eigenvalue weighted by Gasteiger charge is -2.25. The predicted octanol–water partition coefficient (Wildman–Crippen LogP) is 2.07. The number of aliphatic hydroxyl groups excluding tert-OH is 1. The van der Waals surface area contributed by atoms with Crippen LogP contribution in [-0.4, -0.2) is 33.2 Å². The number of amides is 1. The number of nitrogens with zero attached hydrogens (tertiary/aromatic N) is 2. The van der Waals surface area contributed by atoms with E-state index in [1.807, 2.05) is 43.7 Å². The minimum absolute atomic E-state index is 0.169. The van der Waals surface area contributed by atoms with E-state index < -0.39 is 6.10 Å². The first kappa shape index (κ1) is 16.2. The SMILES string of the molecule is CC(C)(C)C(O)CNC(=O)c1ccc(Cn2ccnc2)cc1. The summed E-state index contributed by atoms with van der Waals surface area (Å²) >= 11 is 0. The van der Waals surface area contributed by atoms with E-state index in [9.17, 15) is 9.90 Å². The molecule has 0 aliphatic rings. The van der Waals surface area contributed by atoms with E-state index in [2.05, 4.69) is 10.3 Å². The summed E-state index contributed by atoms with van der Waals surface area (Å²) in [7, 11) is 0. The summed E-state index contributed by atoms with van der Waals surface area (Å²) in [5.74, 6) is -0.169. The maximum atomic E-state index is 12.1. The number of hydrogen-bond acceptors (Lipinski definition) is 3. The van der Waals surface area contributed by atoms with Gasteiger partial charge in [0.1, 0.15) is 0 Å². The van der Waals surface area contributed by atoms with Crippen molar-refractivity contribution < 1.29 is 9.90 Å². The van der Waals surface area contributed by atoms with Crippen LogP contribution in [0.25, 0.3) is 0 Å². The van der Waals surface area contributed by atoms with Crippen molar-refractivity contribution in [3.8, 4) is 0 Å². The van der Waals surface area contributed by atoms with Crippen molar-refractivity contribution in [3.63, 3.8) is 0 Å². The number of imidazole rings is 1. The molecule has 0 saturated heterocycles. The number of hydrogen-bond donors (Lipinski definition) is 2. The van der Waals surface area contributed by atoms with Crippen LogP contribution in [0.5, 0.6) is 0 Å². The third kappa shape index (κ3) is 4.43. The lowest BCUT2D eigenvalue weighted by molar-refractivity contribution is 0.0587. The molecule has 2 rings (SSSR count). The average Bonchev–Trinajstić information content (AvgIpc) is 2.97. The van der Waals surface area contributed by atoms with Gasteiger partial charge in [0, 0.05) is 31.0 Å². The molecule has 0 aliphatic heterocycles. The van der Waals surface area contributed by atoms with Crippen molar-refractivity contribution in [2.75, 3.05) is 6.54 Å². The van der Waals surface area contributed by atoms with Crippen molar-refractivity contribution >= 4 is 5.91 Å². The van der Waals surface area contributed by atoms with Gasteiger partial charge in [0.25, 0.3) is 5.91 Å². The van der Waals surface area contributed by atoms with Crippen LogP contribution in [0.4, 0.5) is 0 Å². The van der Waals surface area contributed by atoms with Crippen molar-refractivity contribution in [1.29, 1.82) is 0 Å². The number of aromatic nitrogens is 2. The Balaban J connectivity index is 1.91. The topological polar surface area (TPSA) is 67.2 Å². The maximum absolute atomic E-state index is 12.1. The molecule has 22 heavy (non-hydrogen) atoms. The smallest absolute Gasteiger partial charge is 0.251 e. The monoisotopic (exact) mass is 301 g/mol. The third-order valence-electron chi connectivity index (χ3n) is 3.60. The minimum Gasteiger partial charge on any atom is -0.391 e. The average molecular weight is 301 g/mol. The molecule has 0 aliphatic carbocycles. The van der Waals surface area contributed by atoms with Crippen LogP contribution in [0.15, 0.2) is 43.0 Å². The van der Waals surface area contributed by atoms with E-state index in [-0.39, 0.29) is 17.9 Å². The molecule has 0 bridgehead atoms. The normalized spacial score (nSPS) is 12.9. The van der Waals surface area contributed by atoms with Gasteiger partial charge in [-0.3, -0.25) is 4.79 Å². The lowest BCUT2D eigenvalue weighted by atomic mass is 9.89. The van der Waals surface area contributed by atoms with Crippen LogP contribution < -0.4 is 5.32 Å². The molecular formula is C17H23N3O2. The summed E-state index contributed by atoms with van der Waals surface area (Å²) in [6.07, 6.45) is 4.82. The van der Waals surface area contributed by atoms with Crippen LogP contribution in [0.1, 0.15) is 36.7 Å². The zero-order valence-electron chi connectivity index (χ0n) is 13.3. The summed E-state index contributed by atoms with van der Waals surface area (Å²) in [6, 6.07) is 7.44. The number of aliphatic hydroxyl groups is 1. The molecule has 1 aromatic heterocycles. The first-order valence-corrected chi connectivity index (χ1v) is 7.37. The number of nitrogens with one attached hydrogen (secondary N) is 1. The largest absolute Gasteiger partial charge is 0.391 e. The van der Waals surface area contributed by atoms with E-state index in [4.69, 9.17) is 0 Å². The molecule has 1 unspecified atom stereocenters. The standard InChI is InChI=1S/C17H23N3O2/c1-17(2,3)15(21)10-19-16(22)14-6-4-13(5-7-14)11-20-9-8-18-12-20/h4-9,12,15,21H,10-11H2,1-3H3,(H,19,22). The molecule has 0 spiro atoms. The highest BCUT2D eigenvalue weighted by atomic mass is 16.3. The Morgan fingerprint density at radius 1 is 1.32 bits per heavy atom. The van der Waals surface area contributed by atoms with Crippen molar-refractivity contribution in [2.45, 2.75) is 33.4 Å². The van der Waals surface area contributed by atoms with Crippen molar-refractivity contribution in [1.82, 2.24) is 14.9 Å². The molecule has 0 fully saturated rings. The summed E-state index contributed by atoms with van der Waals surface area (Å²) in [5, 5.41) is 12.7. The predicted molar refractivity (Wildman–Crippen MR) is 85.6 cm³/mol. The van der Waals surface area contributed by atoms with Gasteiger partial charge in [0.05, 0.1) is 12.4 Å². The number of benzene rings is 1. The molecule has 1 aromatic carbocycles.